The smallest absolute Gasteiger partial charge is 0.129 e. The van der Waals surface area contributed by atoms with E-state index in [1.165, 1.54) is 3.57 Å². The summed E-state index contributed by atoms with van der Waals surface area (Å²) in [6.07, 6.45) is 0. The minimum atomic E-state index is 0.364. The van der Waals surface area contributed by atoms with Gasteiger partial charge in [-0.05, 0) is 52.9 Å². The van der Waals surface area contributed by atoms with Gasteiger partial charge >= 0.3 is 0 Å². The van der Waals surface area contributed by atoms with E-state index >= 15 is 0 Å². The molecule has 5 heteroatoms. The second-order valence-electron chi connectivity index (χ2n) is 4.33. The van der Waals surface area contributed by atoms with Gasteiger partial charge in [0.25, 0.3) is 0 Å². The number of hydrogen-bond acceptors (Lipinski definition) is 2. The fourth-order valence-corrected chi connectivity index (χ4v) is 2.93. The number of hydrogen-bond donors (Lipinski definition) is 0. The van der Waals surface area contributed by atoms with Crippen molar-refractivity contribution in [1.82, 2.24) is 9.55 Å². The Hall–Kier alpha value is -1.27. The van der Waals surface area contributed by atoms with Gasteiger partial charge in [-0.15, -0.1) is 11.6 Å². The highest BCUT2D eigenvalue weighted by molar-refractivity contribution is 14.1. The lowest BCUT2D eigenvalue weighted by Gasteiger charge is -2.09. The van der Waals surface area contributed by atoms with Gasteiger partial charge < -0.3 is 4.74 Å². The van der Waals surface area contributed by atoms with Gasteiger partial charge in [0.2, 0.25) is 0 Å². The molecule has 1 heterocycles. The van der Waals surface area contributed by atoms with Crippen molar-refractivity contribution in [3.63, 3.8) is 0 Å². The second kappa shape index (κ2) is 5.61. The van der Waals surface area contributed by atoms with Gasteiger partial charge in [0.1, 0.15) is 11.6 Å². The maximum atomic E-state index is 6.05. The SMILES string of the molecule is COc1ccc2nc(CCl)n(-c3cccc(I)c3)c2c1. The molecule has 0 saturated carbocycles. The van der Waals surface area contributed by atoms with E-state index in [1.807, 2.05) is 24.3 Å². The van der Waals surface area contributed by atoms with Crippen molar-refractivity contribution in [3.05, 3.63) is 51.9 Å². The summed E-state index contributed by atoms with van der Waals surface area (Å²) in [5.74, 6) is 2.00. The molecule has 0 spiro atoms. The van der Waals surface area contributed by atoms with Crippen molar-refractivity contribution in [2.24, 2.45) is 0 Å². The number of aromatic nitrogens is 2. The summed E-state index contributed by atoms with van der Waals surface area (Å²) in [7, 11) is 1.66. The molecule has 0 saturated heterocycles. The standard InChI is InChI=1S/C15H12ClIN2O/c1-20-12-5-6-13-14(8-12)19(15(9-16)18-13)11-4-2-3-10(17)7-11/h2-8H,9H2,1H3. The zero-order chi connectivity index (χ0) is 14.1. The fourth-order valence-electron chi connectivity index (χ4n) is 2.22. The largest absolute Gasteiger partial charge is 0.497 e. The average molecular weight is 399 g/mol. The average Bonchev–Trinajstić information content (AvgIpc) is 2.84. The van der Waals surface area contributed by atoms with Crippen molar-refractivity contribution in [1.29, 1.82) is 0 Å². The molecule has 0 fully saturated rings. The topological polar surface area (TPSA) is 27.1 Å². The molecule has 102 valence electrons. The summed E-state index contributed by atoms with van der Waals surface area (Å²) in [5.41, 5.74) is 2.98. The predicted octanol–water partition coefficient (Wildman–Crippen LogP) is 4.38. The molecule has 0 aliphatic rings. The first-order chi connectivity index (χ1) is 9.72. The Kier molecular flexibility index (Phi) is 3.85. The number of halogens is 2. The predicted molar refractivity (Wildman–Crippen MR) is 89.9 cm³/mol. The number of rotatable bonds is 3. The molecule has 3 aromatic rings. The Morgan fingerprint density at radius 3 is 2.80 bits per heavy atom. The Morgan fingerprint density at radius 1 is 1.25 bits per heavy atom. The number of fused-ring (bicyclic) bond motifs is 1. The molecule has 3 rings (SSSR count). The van der Waals surface area contributed by atoms with Crippen LogP contribution in [0.25, 0.3) is 16.7 Å². The van der Waals surface area contributed by atoms with Crippen molar-refractivity contribution < 1.29 is 4.74 Å². The highest BCUT2D eigenvalue weighted by atomic mass is 127. The lowest BCUT2D eigenvalue weighted by Crippen LogP contribution is -1.99. The summed E-state index contributed by atoms with van der Waals surface area (Å²) >= 11 is 8.35. The van der Waals surface area contributed by atoms with Gasteiger partial charge in [0, 0.05) is 15.3 Å². The minimum absolute atomic E-state index is 0.364. The molecule has 0 aliphatic heterocycles. The normalized spacial score (nSPS) is 10.9. The van der Waals surface area contributed by atoms with Crippen molar-refractivity contribution in [2.45, 2.75) is 5.88 Å². The third kappa shape index (κ3) is 2.38. The van der Waals surface area contributed by atoms with E-state index in [4.69, 9.17) is 16.3 Å². The Labute approximate surface area is 135 Å². The van der Waals surface area contributed by atoms with Crippen LogP contribution in [0.15, 0.2) is 42.5 Å². The first-order valence-corrected chi connectivity index (χ1v) is 7.71. The molecule has 0 bridgehead atoms. The maximum Gasteiger partial charge on any atom is 0.129 e. The number of nitrogens with zero attached hydrogens (tertiary/aromatic N) is 2. The van der Waals surface area contributed by atoms with E-state index in [0.29, 0.717) is 5.88 Å². The Bertz CT molecular complexity index is 770. The van der Waals surface area contributed by atoms with E-state index in [-0.39, 0.29) is 0 Å². The molecular formula is C15H12ClIN2O. The molecule has 0 amide bonds. The number of methoxy groups -OCH3 is 1. The first kappa shape index (κ1) is 13.7. The van der Waals surface area contributed by atoms with Gasteiger partial charge in [-0.2, -0.15) is 0 Å². The fraction of sp³-hybridized carbons (Fsp3) is 0.133. The highest BCUT2D eigenvalue weighted by Gasteiger charge is 2.12. The molecule has 3 nitrogen and oxygen atoms in total. The van der Waals surface area contributed by atoms with Gasteiger partial charge in [-0.1, -0.05) is 6.07 Å². The molecule has 2 aromatic carbocycles. The number of ether oxygens (including phenoxy) is 1. The number of imidazole rings is 1. The van der Waals surface area contributed by atoms with Crippen LogP contribution in [0, 0.1) is 3.57 Å². The molecule has 1 aromatic heterocycles. The highest BCUT2D eigenvalue weighted by Crippen LogP contribution is 2.26. The molecule has 0 atom stereocenters. The van der Waals surface area contributed by atoms with Crippen LogP contribution in [0.5, 0.6) is 5.75 Å². The summed E-state index contributed by atoms with van der Waals surface area (Å²) in [6.45, 7) is 0. The number of alkyl halides is 1. The second-order valence-corrected chi connectivity index (χ2v) is 5.84. The first-order valence-electron chi connectivity index (χ1n) is 6.10. The van der Waals surface area contributed by atoms with Crippen molar-refractivity contribution >= 4 is 45.2 Å². The van der Waals surface area contributed by atoms with Crippen molar-refractivity contribution in [3.8, 4) is 11.4 Å². The van der Waals surface area contributed by atoms with Crippen LogP contribution in [0.1, 0.15) is 5.82 Å². The summed E-state index contributed by atoms with van der Waals surface area (Å²) in [4.78, 5) is 4.59. The van der Waals surface area contributed by atoms with Crippen LogP contribution < -0.4 is 4.74 Å². The molecule has 0 aliphatic carbocycles. The minimum Gasteiger partial charge on any atom is -0.497 e. The van der Waals surface area contributed by atoms with E-state index in [9.17, 15) is 0 Å². The van der Waals surface area contributed by atoms with E-state index in [0.717, 1.165) is 28.3 Å². The molecule has 0 N–H and O–H groups in total. The molecule has 0 radical (unpaired) electrons. The van der Waals surface area contributed by atoms with Crippen LogP contribution in [0.4, 0.5) is 0 Å². The summed E-state index contributed by atoms with van der Waals surface area (Å²) in [6, 6.07) is 14.1. The van der Waals surface area contributed by atoms with Gasteiger partial charge in [-0.25, -0.2) is 4.98 Å². The zero-order valence-electron chi connectivity index (χ0n) is 10.8. The number of benzene rings is 2. The quantitative estimate of drug-likeness (QED) is 0.484. The van der Waals surface area contributed by atoms with Gasteiger partial charge in [-0.3, -0.25) is 4.57 Å². The monoisotopic (exact) mass is 398 g/mol. The summed E-state index contributed by atoms with van der Waals surface area (Å²) < 4.78 is 8.55. The molecule has 0 unspecified atom stereocenters. The van der Waals surface area contributed by atoms with E-state index in [1.54, 1.807) is 7.11 Å². The summed E-state index contributed by atoms with van der Waals surface area (Å²) in [5, 5.41) is 0. The molecule has 20 heavy (non-hydrogen) atoms. The van der Waals surface area contributed by atoms with Crippen LogP contribution in [-0.2, 0) is 5.88 Å². The zero-order valence-corrected chi connectivity index (χ0v) is 13.7. The van der Waals surface area contributed by atoms with E-state index in [2.05, 4.69) is 50.3 Å². The van der Waals surface area contributed by atoms with Crippen LogP contribution in [0.2, 0.25) is 0 Å². The third-order valence-corrected chi connectivity index (χ3v) is 4.03. The van der Waals surface area contributed by atoms with Gasteiger partial charge in [0.15, 0.2) is 0 Å². The maximum absolute atomic E-state index is 6.05. The lowest BCUT2D eigenvalue weighted by molar-refractivity contribution is 0.415. The van der Waals surface area contributed by atoms with Crippen LogP contribution in [-0.4, -0.2) is 16.7 Å². The van der Waals surface area contributed by atoms with E-state index < -0.39 is 0 Å². The van der Waals surface area contributed by atoms with Gasteiger partial charge in [0.05, 0.1) is 24.0 Å². The third-order valence-electron chi connectivity index (χ3n) is 3.12. The lowest BCUT2D eigenvalue weighted by atomic mass is 10.2. The van der Waals surface area contributed by atoms with Crippen LogP contribution in [0.3, 0.4) is 0 Å². The Morgan fingerprint density at radius 2 is 2.10 bits per heavy atom. The van der Waals surface area contributed by atoms with Crippen LogP contribution >= 0.6 is 34.2 Å². The van der Waals surface area contributed by atoms with Crippen molar-refractivity contribution in [2.75, 3.05) is 7.11 Å². The Balaban J connectivity index is 2.31. The molecular weight excluding hydrogens is 387 g/mol.